The molecular weight excluding hydrogens is 156 g/mol. The maximum atomic E-state index is 10.6. The van der Waals surface area contributed by atoms with Crippen molar-refractivity contribution in [1.82, 2.24) is 0 Å². The highest BCUT2D eigenvalue weighted by Crippen LogP contribution is 2.10. The van der Waals surface area contributed by atoms with Gasteiger partial charge >= 0.3 is 5.97 Å². The predicted octanol–water partition coefficient (Wildman–Crippen LogP) is 1.41. The van der Waals surface area contributed by atoms with Crippen molar-refractivity contribution in [1.29, 1.82) is 1.43 Å². The topological polar surface area (TPSA) is 57.5 Å². The third-order valence-electron chi connectivity index (χ3n) is 1.55. The molecule has 2 N–H and O–H groups in total. The average molecular weight is 167 g/mol. The number of phenolic OH excluding ortho intramolecular Hbond substituents is 1. The van der Waals surface area contributed by atoms with E-state index in [-0.39, 0.29) is 12.2 Å². The van der Waals surface area contributed by atoms with Crippen LogP contribution in [0.4, 0.5) is 0 Å². The van der Waals surface area contributed by atoms with Gasteiger partial charge in [0.2, 0.25) is 0 Å². The lowest BCUT2D eigenvalue weighted by molar-refractivity contribution is -0.136. The first-order valence-corrected chi connectivity index (χ1v) is 3.66. The number of hydrogen-bond donors (Lipinski definition) is 2. The molecule has 0 radical (unpaired) electrons. The van der Waals surface area contributed by atoms with Crippen molar-refractivity contribution in [2.75, 3.05) is 0 Å². The van der Waals surface area contributed by atoms with Crippen molar-refractivity contribution >= 4 is 5.97 Å². The standard InChI is InChI=1S/C9H10O3/c10-8-4-1-7(2-5-8)3-6-9(11)12/h1-2,4-5,10H,3,6H2,(H,11,12)/i/hD. The Morgan fingerprint density at radius 2 is 2.08 bits per heavy atom. The van der Waals surface area contributed by atoms with Crippen molar-refractivity contribution < 1.29 is 15.0 Å². The molecule has 0 aliphatic rings. The molecule has 0 aromatic heterocycles. The van der Waals surface area contributed by atoms with Crippen LogP contribution in [0.2, 0.25) is 0 Å². The largest absolute Gasteiger partial charge is 0.508 e. The number of carboxylic acids is 1. The van der Waals surface area contributed by atoms with E-state index in [0.29, 0.717) is 6.42 Å². The zero-order chi connectivity index (χ0) is 9.68. The Balaban J connectivity index is 2.46. The second-order valence-electron chi connectivity index (χ2n) is 2.54. The van der Waals surface area contributed by atoms with Gasteiger partial charge in [-0.2, -0.15) is 0 Å². The van der Waals surface area contributed by atoms with Crippen LogP contribution in [-0.2, 0) is 11.2 Å². The number of rotatable bonds is 3. The van der Waals surface area contributed by atoms with Crippen LogP contribution < -0.4 is 0 Å². The van der Waals surface area contributed by atoms with Crippen molar-refractivity contribution in [2.45, 2.75) is 12.8 Å². The van der Waals surface area contributed by atoms with E-state index in [1.165, 1.54) is 0 Å². The first-order chi connectivity index (χ1) is 6.22. The van der Waals surface area contributed by atoms with Gasteiger partial charge in [-0.1, -0.05) is 12.1 Å². The number of carboxylic acid groups (broad SMARTS) is 1. The second kappa shape index (κ2) is 3.76. The summed E-state index contributed by atoms with van der Waals surface area (Å²) in [5.74, 6) is -0.347. The van der Waals surface area contributed by atoms with Crippen LogP contribution in [0.15, 0.2) is 24.3 Å². The number of benzene rings is 1. The molecule has 0 saturated carbocycles. The minimum Gasteiger partial charge on any atom is -0.508 e. The average Bonchev–Trinajstić information content (AvgIpc) is 2.16. The highest BCUT2D eigenvalue weighted by atomic mass is 16.4. The monoisotopic (exact) mass is 167 g/mol. The Kier molecular flexibility index (Phi) is 2.24. The van der Waals surface area contributed by atoms with Gasteiger partial charge in [-0.3, -0.25) is 4.79 Å². The highest BCUT2D eigenvalue weighted by molar-refractivity contribution is 5.67. The molecule has 0 spiro atoms. The molecule has 0 heterocycles. The first-order valence-electron chi connectivity index (χ1n) is 4.07. The highest BCUT2D eigenvalue weighted by Gasteiger charge is 1.98. The molecule has 0 unspecified atom stereocenters. The van der Waals surface area contributed by atoms with Crippen LogP contribution in [0.5, 0.6) is 5.75 Å². The molecule has 0 saturated heterocycles. The quantitative estimate of drug-likeness (QED) is 0.715. The zero-order valence-corrected chi connectivity index (χ0v) is 6.49. The van der Waals surface area contributed by atoms with Gasteiger partial charge < -0.3 is 10.2 Å². The number of hydrogen-bond acceptors (Lipinski definition) is 3. The van der Waals surface area contributed by atoms with Crippen LogP contribution in [-0.4, -0.2) is 16.2 Å². The van der Waals surface area contributed by atoms with E-state index in [4.69, 9.17) is 6.54 Å². The molecule has 1 aromatic rings. The van der Waals surface area contributed by atoms with E-state index < -0.39 is 5.97 Å². The molecule has 0 aliphatic carbocycles. The van der Waals surface area contributed by atoms with Gasteiger partial charge in [-0.05, 0) is 24.1 Å². The van der Waals surface area contributed by atoms with Crippen LogP contribution in [0.3, 0.4) is 0 Å². The molecule has 0 fully saturated rings. The molecule has 1 rings (SSSR count). The van der Waals surface area contributed by atoms with Crippen molar-refractivity contribution in [3.63, 3.8) is 0 Å². The summed E-state index contributed by atoms with van der Waals surface area (Å²) < 4.78 is 6.32. The Labute approximate surface area is 71.8 Å². The number of phenols is 1. The van der Waals surface area contributed by atoms with Gasteiger partial charge in [-0.25, -0.2) is 0 Å². The molecule has 3 heteroatoms. The minimum atomic E-state index is -0.548. The number of aromatic hydroxyl groups is 1. The summed E-state index contributed by atoms with van der Waals surface area (Å²) in [6.45, 7) is 0. The van der Waals surface area contributed by atoms with Gasteiger partial charge in [0.05, 0.1) is 0 Å². The lowest BCUT2D eigenvalue weighted by atomic mass is 10.1. The lowest BCUT2D eigenvalue weighted by Crippen LogP contribution is -1.96. The Bertz CT molecular complexity index is 281. The minimum absolute atomic E-state index is 0.189. The fourth-order valence-electron chi connectivity index (χ4n) is 0.909. The number of aryl methyl sites for hydroxylation is 1. The summed E-state index contributed by atoms with van der Waals surface area (Å²) in [7, 11) is 0. The first kappa shape index (κ1) is 7.16. The molecule has 0 aliphatic heterocycles. The summed E-state index contributed by atoms with van der Waals surface area (Å²) in [5, 5.41) is 12.7. The maximum absolute atomic E-state index is 10.6. The Morgan fingerprint density at radius 3 is 2.67 bits per heavy atom. The van der Waals surface area contributed by atoms with Crippen LogP contribution in [0, 0.1) is 0 Å². The molecule has 1 aromatic carbocycles. The second-order valence-corrected chi connectivity index (χ2v) is 2.54. The third kappa shape index (κ3) is 2.62. The van der Waals surface area contributed by atoms with E-state index in [9.17, 15) is 4.79 Å². The van der Waals surface area contributed by atoms with Gasteiger partial charge in [0.25, 0.3) is 1.43 Å². The third-order valence-corrected chi connectivity index (χ3v) is 1.55. The van der Waals surface area contributed by atoms with E-state index in [2.05, 4.69) is 5.11 Å². The molecule has 0 amide bonds. The van der Waals surface area contributed by atoms with Crippen LogP contribution in [0.1, 0.15) is 12.0 Å². The fourth-order valence-corrected chi connectivity index (χ4v) is 0.909. The van der Waals surface area contributed by atoms with Gasteiger partial charge in [0.15, 0.2) is 0 Å². The molecule has 64 valence electrons. The molecule has 3 nitrogen and oxygen atoms in total. The molecular formula is C9H10O3. The van der Waals surface area contributed by atoms with Gasteiger partial charge in [0.1, 0.15) is 5.75 Å². The van der Waals surface area contributed by atoms with E-state index in [1.54, 1.807) is 24.3 Å². The van der Waals surface area contributed by atoms with Crippen molar-refractivity contribution in [3.05, 3.63) is 29.8 Å². The predicted molar refractivity (Wildman–Crippen MR) is 44.1 cm³/mol. The normalized spacial score (nSPS) is 10.5. The summed E-state index contributed by atoms with van der Waals surface area (Å²) in [6.07, 6.45) is 0.715. The maximum Gasteiger partial charge on any atom is 0.303 e. The number of aliphatic carboxylic acids is 1. The fraction of sp³-hybridized carbons (Fsp3) is 0.222. The summed E-state index contributed by atoms with van der Waals surface area (Å²) >= 11 is 0. The van der Waals surface area contributed by atoms with Crippen molar-refractivity contribution in [3.8, 4) is 5.75 Å². The smallest absolute Gasteiger partial charge is 0.303 e. The van der Waals surface area contributed by atoms with E-state index in [1.807, 2.05) is 0 Å². The molecule has 12 heavy (non-hydrogen) atoms. The Hall–Kier alpha value is -1.51. The number of carbonyl (C=O) groups is 1. The summed E-state index contributed by atoms with van der Waals surface area (Å²) in [5.41, 5.74) is 0.934. The van der Waals surface area contributed by atoms with Gasteiger partial charge in [0, 0.05) is 6.42 Å². The van der Waals surface area contributed by atoms with Crippen molar-refractivity contribution in [2.24, 2.45) is 0 Å². The lowest BCUT2D eigenvalue weighted by Gasteiger charge is -1.97. The molecule has 0 bridgehead atoms. The zero-order valence-electron chi connectivity index (χ0n) is 7.49. The van der Waals surface area contributed by atoms with Crippen LogP contribution >= 0.6 is 0 Å². The molecule has 0 atom stereocenters. The van der Waals surface area contributed by atoms with E-state index >= 15 is 0 Å². The van der Waals surface area contributed by atoms with E-state index in [0.717, 1.165) is 5.56 Å². The summed E-state index contributed by atoms with van der Waals surface area (Å²) in [6, 6.07) is 6.57. The summed E-state index contributed by atoms with van der Waals surface area (Å²) in [4.78, 5) is 10.6. The van der Waals surface area contributed by atoms with Gasteiger partial charge in [-0.15, -0.1) is 0 Å². The van der Waals surface area contributed by atoms with Crippen LogP contribution in [0.25, 0.3) is 1.43 Å². The SMILES string of the molecule is [2H]OC(=O)CCc1ccc(O)cc1. The Morgan fingerprint density at radius 1 is 1.42 bits per heavy atom.